The molecule has 25 heavy (non-hydrogen) atoms. The highest BCUT2D eigenvalue weighted by molar-refractivity contribution is 6.30. The van der Waals surface area contributed by atoms with Gasteiger partial charge in [0.15, 0.2) is 5.82 Å². The van der Waals surface area contributed by atoms with Crippen LogP contribution in [0.25, 0.3) is 0 Å². The molecule has 1 unspecified atom stereocenters. The fourth-order valence-electron chi connectivity index (χ4n) is 2.67. The van der Waals surface area contributed by atoms with Crippen LogP contribution < -0.4 is 5.32 Å². The Morgan fingerprint density at radius 1 is 1.32 bits per heavy atom. The summed E-state index contributed by atoms with van der Waals surface area (Å²) in [6.07, 6.45) is 5.63. The van der Waals surface area contributed by atoms with Crippen molar-refractivity contribution in [2.45, 2.75) is 32.9 Å². The molecule has 130 valence electrons. The molecule has 7 heteroatoms. The van der Waals surface area contributed by atoms with Crippen molar-refractivity contribution in [3.8, 4) is 0 Å². The molecule has 0 aliphatic carbocycles. The lowest BCUT2D eigenvalue weighted by atomic mass is 10.1. The molecule has 6 nitrogen and oxygen atoms in total. The van der Waals surface area contributed by atoms with Gasteiger partial charge in [-0.15, -0.1) is 0 Å². The van der Waals surface area contributed by atoms with E-state index in [4.69, 9.17) is 11.6 Å². The number of hydrogen-bond donors (Lipinski definition) is 1. The average Bonchev–Trinajstić information content (AvgIpc) is 3.20. The van der Waals surface area contributed by atoms with Crippen LogP contribution >= 0.6 is 11.6 Å². The minimum absolute atomic E-state index is 0.164. The summed E-state index contributed by atoms with van der Waals surface area (Å²) < 4.78 is 3.38. The summed E-state index contributed by atoms with van der Waals surface area (Å²) in [5.74, 6) is 0.360. The molecule has 0 saturated heterocycles. The maximum absolute atomic E-state index is 12.5. The highest BCUT2D eigenvalue weighted by atomic mass is 35.5. The molecule has 2 heterocycles. The van der Waals surface area contributed by atoms with Gasteiger partial charge in [-0.25, -0.2) is 0 Å². The van der Waals surface area contributed by atoms with Crippen LogP contribution in [0.2, 0.25) is 5.02 Å². The van der Waals surface area contributed by atoms with Crippen LogP contribution in [0.15, 0.2) is 48.9 Å². The summed E-state index contributed by atoms with van der Waals surface area (Å²) in [6, 6.07) is 9.54. The fourth-order valence-corrected chi connectivity index (χ4v) is 2.81. The molecule has 1 atom stereocenters. The Hall–Kier alpha value is -2.60. The number of carbonyl (C=O) groups is 1. The Kier molecular flexibility index (Phi) is 5.19. The lowest BCUT2D eigenvalue weighted by molar-refractivity contribution is -0.119. The van der Waals surface area contributed by atoms with E-state index >= 15 is 0 Å². The number of amides is 1. The highest BCUT2D eigenvalue weighted by Crippen LogP contribution is 2.17. The van der Waals surface area contributed by atoms with E-state index in [0.717, 1.165) is 0 Å². The number of anilines is 1. The highest BCUT2D eigenvalue weighted by Gasteiger charge is 2.20. The molecule has 1 amide bonds. The van der Waals surface area contributed by atoms with Gasteiger partial charge in [0.25, 0.3) is 0 Å². The first kappa shape index (κ1) is 17.2. The molecule has 0 radical (unpaired) electrons. The second-order valence-electron chi connectivity index (χ2n) is 5.88. The number of hydrogen-bond acceptors (Lipinski definition) is 3. The molecule has 3 aromatic rings. The van der Waals surface area contributed by atoms with E-state index in [1.807, 2.05) is 29.9 Å². The van der Waals surface area contributed by atoms with Gasteiger partial charge >= 0.3 is 0 Å². The molecule has 2 aromatic heterocycles. The van der Waals surface area contributed by atoms with Gasteiger partial charge in [0.1, 0.15) is 6.04 Å². The summed E-state index contributed by atoms with van der Waals surface area (Å²) in [5, 5.41) is 11.9. The topological polar surface area (TPSA) is 64.7 Å². The lowest BCUT2D eigenvalue weighted by Crippen LogP contribution is -2.26. The zero-order valence-electron chi connectivity index (χ0n) is 14.2. The Bertz CT molecular complexity index is 870. The maximum atomic E-state index is 12.5. The number of nitrogens with zero attached hydrogens (tertiary/aromatic N) is 4. The van der Waals surface area contributed by atoms with Crippen LogP contribution in [0.5, 0.6) is 0 Å². The number of nitrogens with one attached hydrogen (secondary N) is 1. The van der Waals surface area contributed by atoms with Gasteiger partial charge < -0.3 is 5.32 Å². The first-order chi connectivity index (χ1) is 12.1. The molecule has 0 saturated carbocycles. The van der Waals surface area contributed by atoms with Crippen LogP contribution in [0.3, 0.4) is 0 Å². The summed E-state index contributed by atoms with van der Waals surface area (Å²) >= 11 is 5.89. The van der Waals surface area contributed by atoms with Crippen LogP contribution in [-0.2, 0) is 11.3 Å². The van der Waals surface area contributed by atoms with Gasteiger partial charge in [-0.1, -0.05) is 42.8 Å². The first-order valence-corrected chi connectivity index (χ1v) is 8.53. The minimum atomic E-state index is -0.422. The van der Waals surface area contributed by atoms with Crippen LogP contribution in [0.4, 0.5) is 5.82 Å². The quantitative estimate of drug-likeness (QED) is 0.731. The number of halogens is 1. The molecular formula is C18H20ClN5O. The molecule has 0 fully saturated rings. The van der Waals surface area contributed by atoms with Crippen molar-refractivity contribution in [1.29, 1.82) is 0 Å². The predicted molar refractivity (Wildman–Crippen MR) is 97.7 cm³/mol. The molecule has 0 aliphatic rings. The number of aromatic nitrogens is 4. The molecule has 1 N–H and O–H groups in total. The predicted octanol–water partition coefficient (Wildman–Crippen LogP) is 3.68. The van der Waals surface area contributed by atoms with Crippen LogP contribution in [0, 0.1) is 6.92 Å². The van der Waals surface area contributed by atoms with E-state index in [1.165, 1.54) is 17.3 Å². The van der Waals surface area contributed by atoms with Crippen molar-refractivity contribution in [2.24, 2.45) is 0 Å². The zero-order chi connectivity index (χ0) is 17.8. The summed E-state index contributed by atoms with van der Waals surface area (Å²) in [6.45, 7) is 4.66. The lowest BCUT2D eigenvalue weighted by Gasteiger charge is -2.14. The number of aryl methyl sites for hydroxylation is 1. The fraction of sp³-hybridized carbons (Fsp3) is 0.278. The molecule has 1 aromatic carbocycles. The smallest absolute Gasteiger partial charge is 0.250 e. The van der Waals surface area contributed by atoms with Gasteiger partial charge in [-0.05, 0) is 24.5 Å². The van der Waals surface area contributed by atoms with Crippen molar-refractivity contribution in [3.05, 3.63) is 65.1 Å². The molecule has 0 aliphatic heterocycles. The Morgan fingerprint density at radius 2 is 2.12 bits per heavy atom. The minimum Gasteiger partial charge on any atom is -0.307 e. The SMILES string of the molecule is CCC(C(=O)Nc1ccn(Cc2ccccc2C)n1)n1cc(Cl)cn1. The van der Waals surface area contributed by atoms with Crippen molar-refractivity contribution in [3.63, 3.8) is 0 Å². The Morgan fingerprint density at radius 3 is 2.80 bits per heavy atom. The average molecular weight is 358 g/mol. The third-order valence-corrected chi connectivity index (χ3v) is 4.26. The summed E-state index contributed by atoms with van der Waals surface area (Å²) in [4.78, 5) is 12.5. The van der Waals surface area contributed by atoms with Crippen molar-refractivity contribution in [2.75, 3.05) is 5.32 Å². The largest absolute Gasteiger partial charge is 0.307 e. The maximum Gasteiger partial charge on any atom is 0.250 e. The Balaban J connectivity index is 1.68. The van der Waals surface area contributed by atoms with Gasteiger partial charge in [0, 0.05) is 18.5 Å². The number of benzene rings is 1. The van der Waals surface area contributed by atoms with E-state index in [2.05, 4.69) is 34.6 Å². The monoisotopic (exact) mass is 357 g/mol. The molecule has 0 bridgehead atoms. The van der Waals surface area contributed by atoms with Gasteiger partial charge in [-0.2, -0.15) is 10.2 Å². The third-order valence-electron chi connectivity index (χ3n) is 4.06. The van der Waals surface area contributed by atoms with E-state index in [9.17, 15) is 4.79 Å². The van der Waals surface area contributed by atoms with Crippen LogP contribution in [0.1, 0.15) is 30.5 Å². The standard InChI is InChI=1S/C18H20ClN5O/c1-3-16(24-12-15(19)10-20-24)18(25)21-17-8-9-23(22-17)11-14-7-5-4-6-13(14)2/h4-10,12,16H,3,11H2,1-2H3,(H,21,22,25). The second-order valence-corrected chi connectivity index (χ2v) is 6.31. The first-order valence-electron chi connectivity index (χ1n) is 8.15. The normalized spacial score (nSPS) is 12.1. The Labute approximate surface area is 151 Å². The van der Waals surface area contributed by atoms with E-state index in [1.54, 1.807) is 16.9 Å². The van der Waals surface area contributed by atoms with Crippen LogP contribution in [-0.4, -0.2) is 25.5 Å². The zero-order valence-corrected chi connectivity index (χ0v) is 14.9. The molecule has 0 spiro atoms. The number of rotatable bonds is 6. The van der Waals surface area contributed by atoms with Crippen molar-refractivity contribution < 1.29 is 4.79 Å². The van der Waals surface area contributed by atoms with Gasteiger partial charge in [-0.3, -0.25) is 14.2 Å². The second kappa shape index (κ2) is 7.53. The molecule has 3 rings (SSSR count). The van der Waals surface area contributed by atoms with E-state index in [-0.39, 0.29) is 5.91 Å². The van der Waals surface area contributed by atoms with Gasteiger partial charge in [0.05, 0.1) is 17.8 Å². The van der Waals surface area contributed by atoms with E-state index in [0.29, 0.717) is 23.8 Å². The molecular weight excluding hydrogens is 338 g/mol. The summed E-state index contributed by atoms with van der Waals surface area (Å²) in [5.41, 5.74) is 2.41. The van der Waals surface area contributed by atoms with Crippen molar-refractivity contribution in [1.82, 2.24) is 19.6 Å². The van der Waals surface area contributed by atoms with Gasteiger partial charge in [0.2, 0.25) is 5.91 Å². The third kappa shape index (κ3) is 4.09. The van der Waals surface area contributed by atoms with Crippen molar-refractivity contribution >= 4 is 23.3 Å². The van der Waals surface area contributed by atoms with E-state index < -0.39 is 6.04 Å². The number of carbonyl (C=O) groups excluding carboxylic acids is 1. The summed E-state index contributed by atoms with van der Waals surface area (Å²) in [7, 11) is 0.